The molecule has 1 amide bonds. The molecule has 15 heteroatoms. The van der Waals surface area contributed by atoms with Crippen LogP contribution in [-0.4, -0.2) is 110 Å². The van der Waals surface area contributed by atoms with E-state index in [1.807, 2.05) is 0 Å². The zero-order valence-corrected chi connectivity index (χ0v) is 33.9. The smallest absolute Gasteiger partial charge is 0.408 e. The number of alkyl carbamates (subject to hydrolysis) is 1. The number of Topliss-reactive ketones (excluding diaryl/α,β-unsaturated/α-hetero) is 1. The number of nitrogens with one attached hydrogen (secondary N) is 1. The number of rotatable bonds is 8. The number of esters is 3. The van der Waals surface area contributed by atoms with Crippen LogP contribution in [0.3, 0.4) is 0 Å². The Kier molecular flexibility index (Phi) is 11.2. The normalized spacial score (nSPS) is 33.7. The average Bonchev–Trinajstić information content (AvgIpc) is 3.14. The summed E-state index contributed by atoms with van der Waals surface area (Å²) in [7, 11) is 0. The molecule has 1 heterocycles. The van der Waals surface area contributed by atoms with Crippen LogP contribution >= 0.6 is 0 Å². The van der Waals surface area contributed by atoms with Crippen LogP contribution in [0.2, 0.25) is 0 Å². The van der Waals surface area contributed by atoms with Crippen molar-refractivity contribution >= 4 is 29.8 Å². The van der Waals surface area contributed by atoms with Gasteiger partial charge in [0.05, 0.1) is 35.6 Å². The van der Waals surface area contributed by atoms with Crippen molar-refractivity contribution in [1.82, 2.24) is 5.32 Å². The molecule has 0 radical (unpaired) electrons. The SMILES string of the molecule is CC(=O)O[C@@]12CO[C@@H]1C[C@H](O)[C@@]1(C)C(=O)[C@H](O)C3=C(C)[C@@H](OC(=O)[C@H](O)[C@@H](NC(=O)OC(C)(C)C)c4ccccc4)C[C@@](O)(C(OC(=O)[13c]4[13cH][13cH][13cH][13cH][13cH]4)C12)C3(C)C. The van der Waals surface area contributed by atoms with E-state index in [0.717, 1.165) is 6.92 Å². The third-order valence-electron chi connectivity index (χ3n) is 12.6. The zero-order valence-electron chi connectivity index (χ0n) is 33.9. The number of hydrogen-bond acceptors (Lipinski definition) is 14. The molecule has 4 aliphatic rings. The summed E-state index contributed by atoms with van der Waals surface area (Å²) < 4.78 is 29.5. The highest BCUT2D eigenvalue weighted by atomic mass is 16.6. The van der Waals surface area contributed by atoms with Crippen LogP contribution in [0, 0.1) is 16.7 Å². The third-order valence-corrected chi connectivity index (χ3v) is 12.6. The predicted octanol–water partition coefficient (Wildman–Crippen LogP) is 3.26. The molecule has 2 saturated carbocycles. The summed E-state index contributed by atoms with van der Waals surface area (Å²) >= 11 is 0. The first-order valence-electron chi connectivity index (χ1n) is 19.3. The number of ether oxygens (including phenoxy) is 5. The fourth-order valence-corrected chi connectivity index (χ4v) is 9.56. The summed E-state index contributed by atoms with van der Waals surface area (Å²) in [6, 6.07) is 14.6. The second-order valence-corrected chi connectivity index (χ2v) is 17.6. The fourth-order valence-electron chi connectivity index (χ4n) is 9.56. The van der Waals surface area contributed by atoms with Crippen LogP contribution in [0.4, 0.5) is 4.79 Å². The quantitative estimate of drug-likeness (QED) is 0.147. The Morgan fingerprint density at radius 3 is 2.10 bits per heavy atom. The van der Waals surface area contributed by atoms with Crippen molar-refractivity contribution in [1.29, 1.82) is 0 Å². The largest absolute Gasteiger partial charge is 0.456 e. The number of aliphatic hydroxyl groups excluding tert-OH is 3. The number of carbonyl (C=O) groups is 5. The molecule has 0 spiro atoms. The van der Waals surface area contributed by atoms with E-state index in [1.54, 1.807) is 83.1 Å². The minimum atomic E-state index is -2.35. The second kappa shape index (κ2) is 15.2. The molecule has 3 aliphatic carbocycles. The molecular weight excluding hydrogens is 760 g/mol. The van der Waals surface area contributed by atoms with Crippen molar-refractivity contribution in [3.63, 3.8) is 0 Å². The minimum Gasteiger partial charge on any atom is -0.456 e. The Balaban J connectivity index is 1.49. The first-order chi connectivity index (χ1) is 27.0. The Labute approximate surface area is 336 Å². The Morgan fingerprint density at radius 1 is 0.948 bits per heavy atom. The summed E-state index contributed by atoms with van der Waals surface area (Å²) in [4.78, 5) is 68.9. The van der Waals surface area contributed by atoms with Gasteiger partial charge in [-0.3, -0.25) is 9.59 Å². The molecule has 2 bridgehead atoms. The topological polar surface area (TPSA) is 224 Å². The molecule has 2 aromatic rings. The summed E-state index contributed by atoms with van der Waals surface area (Å²) in [6.07, 6.45) is -11.5. The molecule has 2 aromatic carbocycles. The lowest BCUT2D eigenvalue weighted by molar-refractivity contribution is -0.346. The molecule has 11 atom stereocenters. The van der Waals surface area contributed by atoms with Crippen LogP contribution in [0.15, 0.2) is 71.8 Å². The maximum atomic E-state index is 14.9. The van der Waals surface area contributed by atoms with Gasteiger partial charge in [-0.05, 0) is 63.5 Å². The van der Waals surface area contributed by atoms with Crippen molar-refractivity contribution in [2.24, 2.45) is 16.7 Å². The molecule has 2 unspecified atom stereocenters. The van der Waals surface area contributed by atoms with E-state index in [4.69, 9.17) is 23.7 Å². The number of fused-ring (bicyclic) bond motifs is 5. The van der Waals surface area contributed by atoms with E-state index in [9.17, 15) is 44.4 Å². The van der Waals surface area contributed by atoms with Crippen LogP contribution < -0.4 is 5.32 Å². The third kappa shape index (κ3) is 7.10. The van der Waals surface area contributed by atoms with Gasteiger partial charge in [-0.25, -0.2) is 14.4 Å². The van der Waals surface area contributed by atoms with Crippen LogP contribution in [0.1, 0.15) is 90.2 Å². The predicted molar refractivity (Wildman–Crippen MR) is 204 cm³/mol. The Bertz CT molecular complexity index is 1980. The van der Waals surface area contributed by atoms with Gasteiger partial charge in [0.2, 0.25) is 0 Å². The molecule has 1 saturated heterocycles. The minimum absolute atomic E-state index is 0.0637. The van der Waals surface area contributed by atoms with Gasteiger partial charge in [0, 0.05) is 25.2 Å². The highest BCUT2D eigenvalue weighted by Crippen LogP contribution is 2.64. The van der Waals surface area contributed by atoms with Crippen molar-refractivity contribution in [3.05, 3.63) is 82.9 Å². The standard InChI is InChI=1S/C43H53NO14/c1-22-26(55-37(51)32(48)30(24-15-11-9-12-16-24)44-38(52)58-39(3,4)5)20-43(53)35(56-36(50)25-17-13-10-14-18-25)33-41(8,34(49)31(47)29(22)40(43,6)7)27(46)19-28-42(33,21-54-28)57-23(2)45/h9-18,26-28,30-33,35,46-48,53H,19-21H2,1-8H3,(H,44,52)/t26-,27-,28+,30-,31+,32+,33?,35?,41+,42-,43+/m0/s1/i10+1,13+1,14+1,17+1,18+1,25+1. The van der Waals surface area contributed by atoms with E-state index in [0.29, 0.717) is 5.56 Å². The highest BCUT2D eigenvalue weighted by molar-refractivity contribution is 5.94. The van der Waals surface area contributed by atoms with Gasteiger partial charge in [0.25, 0.3) is 0 Å². The zero-order chi connectivity index (χ0) is 42.7. The number of hydrogen-bond donors (Lipinski definition) is 5. The Hall–Kier alpha value is -4.67. The summed E-state index contributed by atoms with van der Waals surface area (Å²) in [5, 5.41) is 51.6. The average molecular weight is 814 g/mol. The van der Waals surface area contributed by atoms with Gasteiger partial charge >= 0.3 is 24.0 Å². The van der Waals surface area contributed by atoms with Gasteiger partial charge < -0.3 is 49.4 Å². The lowest BCUT2D eigenvalue weighted by atomic mass is 9.44. The van der Waals surface area contributed by atoms with E-state index in [2.05, 4.69) is 5.32 Å². The molecule has 3 fully saturated rings. The summed E-state index contributed by atoms with van der Waals surface area (Å²) in [5.41, 5.74) is -8.14. The van der Waals surface area contributed by atoms with E-state index < -0.39 is 112 Å². The highest BCUT2D eigenvalue weighted by Gasteiger charge is 2.78. The number of ketones is 1. The lowest BCUT2D eigenvalue weighted by Crippen LogP contribution is -2.81. The van der Waals surface area contributed by atoms with E-state index in [1.165, 1.54) is 26.0 Å². The van der Waals surface area contributed by atoms with Gasteiger partial charge in [0.15, 0.2) is 17.5 Å². The maximum Gasteiger partial charge on any atom is 0.408 e. The van der Waals surface area contributed by atoms with E-state index >= 15 is 0 Å². The first-order valence-corrected chi connectivity index (χ1v) is 19.3. The number of benzene rings is 2. The molecule has 6 rings (SSSR count). The first kappa shape index (κ1) is 42.9. The molecule has 5 N–H and O–H groups in total. The summed E-state index contributed by atoms with van der Waals surface area (Å²) in [6.45, 7) is 11.8. The van der Waals surface area contributed by atoms with Crippen LogP contribution in [0.25, 0.3) is 0 Å². The van der Waals surface area contributed by atoms with Crippen LogP contribution in [-0.2, 0) is 38.1 Å². The lowest BCUT2D eigenvalue weighted by Gasteiger charge is -2.67. The number of aliphatic hydroxyl groups is 4. The van der Waals surface area contributed by atoms with E-state index in [-0.39, 0.29) is 29.7 Å². The summed E-state index contributed by atoms with van der Waals surface area (Å²) in [5.74, 6) is -5.36. The molecule has 314 valence electrons. The van der Waals surface area contributed by atoms with Crippen molar-refractivity contribution in [3.8, 4) is 0 Å². The molecule has 58 heavy (non-hydrogen) atoms. The van der Waals surface area contributed by atoms with Crippen molar-refractivity contribution < 1.29 is 68.1 Å². The van der Waals surface area contributed by atoms with Gasteiger partial charge in [-0.1, -0.05) is 62.4 Å². The van der Waals surface area contributed by atoms with Crippen molar-refractivity contribution in [2.45, 2.75) is 128 Å². The molecular formula is C43H53NO14. The van der Waals surface area contributed by atoms with Gasteiger partial charge in [-0.15, -0.1) is 0 Å². The fraction of sp³-hybridized carbons (Fsp3) is 0.558. The van der Waals surface area contributed by atoms with Crippen LogP contribution in [0.5, 0.6) is 0 Å². The Morgan fingerprint density at radius 2 is 1.55 bits per heavy atom. The number of carbonyl (C=O) groups excluding carboxylic acids is 5. The maximum absolute atomic E-state index is 14.9. The second-order valence-electron chi connectivity index (χ2n) is 17.6. The molecule has 1 aliphatic heterocycles. The molecule has 0 aromatic heterocycles. The number of amides is 1. The monoisotopic (exact) mass is 813 g/mol. The molecule has 15 nitrogen and oxygen atoms in total. The van der Waals surface area contributed by atoms with Crippen molar-refractivity contribution in [2.75, 3.05) is 6.61 Å². The van der Waals surface area contributed by atoms with Gasteiger partial charge in [-0.2, -0.15) is 0 Å². The van der Waals surface area contributed by atoms with Gasteiger partial charge in [0.1, 0.15) is 35.6 Å².